The maximum Gasteiger partial charge on any atom is 0.180 e. The Bertz CT molecular complexity index is 369. The summed E-state index contributed by atoms with van der Waals surface area (Å²) >= 11 is 1.60. The van der Waals surface area contributed by atoms with Crippen molar-refractivity contribution in [3.05, 3.63) is 11.1 Å². The minimum absolute atomic E-state index is 0.674. The topological polar surface area (TPSA) is 45.4 Å². The fourth-order valence-electron chi connectivity index (χ4n) is 2.61. The lowest BCUT2D eigenvalue weighted by molar-refractivity contribution is 0.105. The van der Waals surface area contributed by atoms with Crippen LogP contribution < -0.4 is 5.73 Å². The molecule has 5 heteroatoms. The molecule has 1 saturated heterocycles. The maximum atomic E-state index is 5.67. The molecule has 1 fully saturated rings. The second kappa shape index (κ2) is 5.99. The van der Waals surface area contributed by atoms with Gasteiger partial charge in [0.2, 0.25) is 0 Å². The molecule has 102 valence electrons. The molecule has 0 unspecified atom stereocenters. The van der Waals surface area contributed by atoms with Gasteiger partial charge in [-0.1, -0.05) is 0 Å². The predicted octanol–water partition coefficient (Wildman–Crippen LogP) is 2.03. The lowest BCUT2D eigenvalue weighted by atomic mass is 10.0. The van der Waals surface area contributed by atoms with E-state index in [1.54, 1.807) is 11.3 Å². The molecule has 0 amide bonds. The smallest absolute Gasteiger partial charge is 0.180 e. The Morgan fingerprint density at radius 1 is 1.50 bits per heavy atom. The van der Waals surface area contributed by atoms with Gasteiger partial charge in [0.05, 0.1) is 0 Å². The molecule has 2 heterocycles. The Morgan fingerprint density at radius 2 is 2.17 bits per heavy atom. The number of hydrogen-bond donors (Lipinski definition) is 1. The van der Waals surface area contributed by atoms with E-state index in [-0.39, 0.29) is 0 Å². The molecule has 0 radical (unpaired) electrons. The van der Waals surface area contributed by atoms with E-state index in [1.807, 2.05) is 6.20 Å². The monoisotopic (exact) mass is 268 g/mol. The average molecular weight is 268 g/mol. The molecule has 2 rings (SSSR count). The van der Waals surface area contributed by atoms with E-state index in [2.05, 4.69) is 35.7 Å². The third-order valence-corrected chi connectivity index (χ3v) is 4.64. The van der Waals surface area contributed by atoms with Gasteiger partial charge in [-0.2, -0.15) is 0 Å². The average Bonchev–Trinajstić information content (AvgIpc) is 2.75. The number of nitrogens with two attached hydrogens (primary N) is 1. The Labute approximate surface area is 114 Å². The first-order valence-corrected chi connectivity index (χ1v) is 7.52. The number of aromatic nitrogens is 1. The third-order valence-electron chi connectivity index (χ3n) is 3.83. The van der Waals surface area contributed by atoms with E-state index in [1.165, 1.54) is 30.8 Å². The van der Waals surface area contributed by atoms with Crippen molar-refractivity contribution in [3.63, 3.8) is 0 Å². The van der Waals surface area contributed by atoms with E-state index in [9.17, 15) is 0 Å². The SMILES string of the molecule is CC(C)N1CCC(N(C)Cc2cnc(N)s2)CC1. The van der Waals surface area contributed by atoms with Crippen LogP contribution in [0.1, 0.15) is 31.6 Å². The summed E-state index contributed by atoms with van der Waals surface area (Å²) in [5.74, 6) is 0. The highest BCUT2D eigenvalue weighted by atomic mass is 32.1. The first-order valence-electron chi connectivity index (χ1n) is 6.70. The summed E-state index contributed by atoms with van der Waals surface area (Å²) < 4.78 is 0. The molecular formula is C13H24N4S. The van der Waals surface area contributed by atoms with Crippen molar-refractivity contribution in [2.75, 3.05) is 25.9 Å². The van der Waals surface area contributed by atoms with E-state index >= 15 is 0 Å². The molecule has 0 aliphatic carbocycles. The van der Waals surface area contributed by atoms with Gasteiger partial charge >= 0.3 is 0 Å². The number of thiazole rings is 1. The summed E-state index contributed by atoms with van der Waals surface area (Å²) in [5.41, 5.74) is 5.67. The lowest BCUT2D eigenvalue weighted by Crippen LogP contribution is -2.45. The summed E-state index contributed by atoms with van der Waals surface area (Å²) in [6.45, 7) is 7.98. The number of piperidine rings is 1. The summed E-state index contributed by atoms with van der Waals surface area (Å²) in [7, 11) is 2.21. The summed E-state index contributed by atoms with van der Waals surface area (Å²) in [4.78, 5) is 10.4. The minimum atomic E-state index is 0.674. The Morgan fingerprint density at radius 3 is 2.67 bits per heavy atom. The van der Waals surface area contributed by atoms with Gasteiger partial charge in [0.1, 0.15) is 0 Å². The second-order valence-electron chi connectivity index (χ2n) is 5.44. The largest absolute Gasteiger partial charge is 0.375 e. The van der Waals surface area contributed by atoms with Crippen molar-refractivity contribution in [2.45, 2.75) is 45.3 Å². The van der Waals surface area contributed by atoms with Gasteiger partial charge in [-0.3, -0.25) is 4.90 Å². The molecule has 2 N–H and O–H groups in total. The van der Waals surface area contributed by atoms with Crippen LogP contribution in [0, 0.1) is 0 Å². The van der Waals surface area contributed by atoms with Crippen LogP contribution in [0.25, 0.3) is 0 Å². The Kier molecular flexibility index (Phi) is 4.59. The molecule has 1 aliphatic heterocycles. The molecule has 1 aliphatic rings. The highest BCUT2D eigenvalue weighted by Gasteiger charge is 2.23. The van der Waals surface area contributed by atoms with E-state index < -0.39 is 0 Å². The van der Waals surface area contributed by atoms with Gasteiger partial charge in [-0.15, -0.1) is 11.3 Å². The number of anilines is 1. The Hall–Kier alpha value is -0.650. The zero-order valence-corrected chi connectivity index (χ0v) is 12.4. The maximum absolute atomic E-state index is 5.67. The first kappa shape index (κ1) is 13.8. The van der Waals surface area contributed by atoms with Gasteiger partial charge in [0.25, 0.3) is 0 Å². The van der Waals surface area contributed by atoms with Crippen molar-refractivity contribution in [1.82, 2.24) is 14.8 Å². The van der Waals surface area contributed by atoms with Crippen LogP contribution >= 0.6 is 11.3 Å². The van der Waals surface area contributed by atoms with Crippen LogP contribution in [0.4, 0.5) is 5.13 Å². The zero-order valence-electron chi connectivity index (χ0n) is 11.6. The van der Waals surface area contributed by atoms with Gasteiger partial charge in [-0.05, 0) is 46.8 Å². The molecule has 18 heavy (non-hydrogen) atoms. The molecule has 0 aromatic carbocycles. The fraction of sp³-hybridized carbons (Fsp3) is 0.769. The highest BCUT2D eigenvalue weighted by Crippen LogP contribution is 2.21. The number of nitrogen functional groups attached to an aromatic ring is 1. The summed E-state index contributed by atoms with van der Waals surface area (Å²) in [6.07, 6.45) is 4.44. The van der Waals surface area contributed by atoms with Crippen molar-refractivity contribution >= 4 is 16.5 Å². The summed E-state index contributed by atoms with van der Waals surface area (Å²) in [5, 5.41) is 0.674. The quantitative estimate of drug-likeness (QED) is 0.907. The van der Waals surface area contributed by atoms with Gasteiger partial charge in [0.15, 0.2) is 5.13 Å². The second-order valence-corrected chi connectivity index (χ2v) is 6.59. The molecule has 0 bridgehead atoms. The van der Waals surface area contributed by atoms with E-state index in [0.717, 1.165) is 6.54 Å². The molecule has 1 aromatic heterocycles. The van der Waals surface area contributed by atoms with Crippen LogP contribution in [-0.4, -0.2) is 47.0 Å². The van der Waals surface area contributed by atoms with E-state index in [4.69, 9.17) is 5.73 Å². The van der Waals surface area contributed by atoms with Crippen molar-refractivity contribution in [3.8, 4) is 0 Å². The third kappa shape index (κ3) is 3.43. The van der Waals surface area contributed by atoms with E-state index in [0.29, 0.717) is 17.2 Å². The normalized spacial score (nSPS) is 18.9. The molecule has 0 atom stereocenters. The van der Waals surface area contributed by atoms with Crippen molar-refractivity contribution < 1.29 is 0 Å². The number of likely N-dealkylation sites (tertiary alicyclic amines) is 1. The number of nitrogens with zero attached hydrogens (tertiary/aromatic N) is 3. The minimum Gasteiger partial charge on any atom is -0.375 e. The standard InChI is InChI=1S/C13H24N4S/c1-10(2)17-6-4-11(5-7-17)16(3)9-12-8-15-13(14)18-12/h8,10-11H,4-7,9H2,1-3H3,(H2,14,15). The first-order chi connectivity index (χ1) is 8.56. The zero-order chi connectivity index (χ0) is 13.1. The van der Waals surface area contributed by atoms with Gasteiger partial charge in [-0.25, -0.2) is 4.98 Å². The van der Waals surface area contributed by atoms with Crippen LogP contribution in [0.5, 0.6) is 0 Å². The molecule has 1 aromatic rings. The molecule has 0 saturated carbocycles. The molecule has 4 nitrogen and oxygen atoms in total. The van der Waals surface area contributed by atoms with Crippen molar-refractivity contribution in [2.24, 2.45) is 0 Å². The Balaban J connectivity index is 1.82. The number of hydrogen-bond acceptors (Lipinski definition) is 5. The van der Waals surface area contributed by atoms with Crippen LogP contribution in [-0.2, 0) is 6.54 Å². The number of rotatable bonds is 4. The molecule has 0 spiro atoms. The van der Waals surface area contributed by atoms with Gasteiger partial charge < -0.3 is 10.6 Å². The fourth-order valence-corrected chi connectivity index (χ4v) is 3.36. The van der Waals surface area contributed by atoms with Crippen molar-refractivity contribution in [1.29, 1.82) is 0 Å². The van der Waals surface area contributed by atoms with Crippen LogP contribution in [0.2, 0.25) is 0 Å². The molecular weight excluding hydrogens is 244 g/mol. The summed E-state index contributed by atoms with van der Waals surface area (Å²) in [6, 6.07) is 1.38. The predicted molar refractivity (Wildman–Crippen MR) is 77.7 cm³/mol. The highest BCUT2D eigenvalue weighted by molar-refractivity contribution is 7.15. The van der Waals surface area contributed by atoms with Crippen LogP contribution in [0.3, 0.4) is 0 Å². The van der Waals surface area contributed by atoms with Crippen LogP contribution in [0.15, 0.2) is 6.20 Å². The lowest BCUT2D eigenvalue weighted by Gasteiger charge is -2.38. The van der Waals surface area contributed by atoms with Gasteiger partial charge in [0, 0.05) is 29.7 Å².